The first kappa shape index (κ1) is 26.4. The van der Waals surface area contributed by atoms with Crippen LogP contribution in [-0.2, 0) is 19.2 Å². The normalized spacial score (nSPS) is 27.3. The Labute approximate surface area is 173 Å². The van der Waals surface area contributed by atoms with Crippen molar-refractivity contribution in [3.8, 4) is 0 Å². The average molecular weight is 438 g/mol. The van der Waals surface area contributed by atoms with Gasteiger partial charge in [-0.1, -0.05) is 0 Å². The Balaban J connectivity index is 0.000000300. The molecular weight excluding hydrogens is 408 g/mol. The van der Waals surface area contributed by atoms with Crippen molar-refractivity contribution in [3.63, 3.8) is 0 Å². The van der Waals surface area contributed by atoms with Gasteiger partial charge in [-0.05, 0) is 27.7 Å². The van der Waals surface area contributed by atoms with Crippen molar-refractivity contribution in [1.82, 2.24) is 9.80 Å². The van der Waals surface area contributed by atoms with Gasteiger partial charge in [-0.15, -0.1) is 0 Å². The molecule has 0 unspecified atom stereocenters. The first-order valence-corrected chi connectivity index (χ1v) is 9.86. The van der Waals surface area contributed by atoms with Crippen LogP contribution in [0.25, 0.3) is 0 Å². The van der Waals surface area contributed by atoms with Crippen LogP contribution in [0.4, 0.5) is 17.6 Å². The Hall–Kier alpha value is -1.68. The largest absolute Gasteiger partial charge is 0.300 e. The molecule has 2 fully saturated rings. The fourth-order valence-corrected chi connectivity index (χ4v) is 4.11. The van der Waals surface area contributed by atoms with Crippen LogP contribution < -0.4 is 0 Å². The lowest BCUT2D eigenvalue weighted by Crippen LogP contribution is -2.27. The Kier molecular flexibility index (Phi) is 10.2. The minimum absolute atomic E-state index is 0.0908. The number of ketones is 4. The Morgan fingerprint density at radius 1 is 0.600 bits per heavy atom. The molecule has 2 heterocycles. The molecule has 2 aliphatic heterocycles. The summed E-state index contributed by atoms with van der Waals surface area (Å²) in [6, 6.07) is 0. The summed E-state index contributed by atoms with van der Waals surface area (Å²) in [5.41, 5.74) is 0. The van der Waals surface area contributed by atoms with E-state index in [4.69, 9.17) is 0 Å². The predicted molar refractivity (Wildman–Crippen MR) is 102 cm³/mol. The van der Waals surface area contributed by atoms with Gasteiger partial charge >= 0.3 is 0 Å². The number of halogens is 4. The number of carbonyl (C=O) groups excluding carboxylic acids is 4. The summed E-state index contributed by atoms with van der Waals surface area (Å²) in [6.07, 6.45) is -4.83. The van der Waals surface area contributed by atoms with Crippen molar-refractivity contribution < 1.29 is 36.7 Å². The molecule has 0 aromatic heterocycles. The van der Waals surface area contributed by atoms with Gasteiger partial charge in [-0.2, -0.15) is 0 Å². The van der Waals surface area contributed by atoms with E-state index in [2.05, 4.69) is 0 Å². The fourth-order valence-electron chi connectivity index (χ4n) is 4.11. The maximum atomic E-state index is 12.1. The molecule has 4 atom stereocenters. The number of likely N-dealkylation sites (tertiary alicyclic amines) is 2. The zero-order chi connectivity index (χ0) is 23.2. The highest BCUT2D eigenvalue weighted by Crippen LogP contribution is 2.26. The lowest BCUT2D eigenvalue weighted by atomic mass is 9.90. The van der Waals surface area contributed by atoms with Crippen molar-refractivity contribution in [2.24, 2.45) is 23.7 Å². The fraction of sp³-hybridized carbons (Fsp3) is 0.800. The van der Waals surface area contributed by atoms with Crippen LogP contribution in [0.3, 0.4) is 0 Å². The number of hydrogen-bond donors (Lipinski definition) is 0. The molecule has 0 saturated carbocycles. The topological polar surface area (TPSA) is 74.8 Å². The molecular formula is C20H30F4N2O4. The Morgan fingerprint density at radius 2 is 0.800 bits per heavy atom. The highest BCUT2D eigenvalue weighted by Gasteiger charge is 2.39. The first-order chi connectivity index (χ1) is 13.8. The molecule has 0 radical (unpaired) electrons. The van der Waals surface area contributed by atoms with E-state index in [1.165, 1.54) is 37.5 Å². The van der Waals surface area contributed by atoms with Gasteiger partial charge < -0.3 is 0 Å². The van der Waals surface area contributed by atoms with Gasteiger partial charge in [0.15, 0.2) is 0 Å². The molecule has 0 amide bonds. The van der Waals surface area contributed by atoms with Crippen LogP contribution in [0, 0.1) is 23.7 Å². The van der Waals surface area contributed by atoms with Gasteiger partial charge in [0.2, 0.25) is 0 Å². The summed E-state index contributed by atoms with van der Waals surface area (Å²) in [4.78, 5) is 47.9. The Bertz CT molecular complexity index is 546. The molecule has 2 rings (SSSR count). The molecule has 2 aliphatic rings. The van der Waals surface area contributed by atoms with E-state index < -0.39 is 36.5 Å². The zero-order valence-corrected chi connectivity index (χ0v) is 17.7. The lowest BCUT2D eigenvalue weighted by Gasteiger charge is -2.13. The molecule has 0 spiro atoms. The second-order valence-corrected chi connectivity index (χ2v) is 8.09. The Morgan fingerprint density at radius 3 is 0.933 bits per heavy atom. The number of hydrogen-bond acceptors (Lipinski definition) is 6. The van der Waals surface area contributed by atoms with Gasteiger partial charge in [0.1, 0.15) is 23.1 Å². The number of alkyl halides is 4. The lowest BCUT2D eigenvalue weighted by molar-refractivity contribution is -0.128. The van der Waals surface area contributed by atoms with E-state index in [9.17, 15) is 36.7 Å². The highest BCUT2D eigenvalue weighted by atomic mass is 19.3. The quantitative estimate of drug-likeness (QED) is 0.540. The molecule has 0 aromatic rings. The summed E-state index contributed by atoms with van der Waals surface area (Å²) < 4.78 is 48.5. The van der Waals surface area contributed by atoms with E-state index in [0.29, 0.717) is 0 Å². The van der Waals surface area contributed by atoms with Crippen LogP contribution in [0.5, 0.6) is 0 Å². The molecule has 30 heavy (non-hydrogen) atoms. The van der Waals surface area contributed by atoms with Gasteiger partial charge in [0.25, 0.3) is 12.9 Å². The van der Waals surface area contributed by atoms with E-state index in [1.807, 2.05) is 0 Å². The second kappa shape index (κ2) is 11.6. The van der Waals surface area contributed by atoms with Gasteiger partial charge in [0.05, 0.1) is 13.1 Å². The molecule has 2 saturated heterocycles. The summed E-state index contributed by atoms with van der Waals surface area (Å²) in [5.74, 6) is -1.97. The van der Waals surface area contributed by atoms with Gasteiger partial charge in [0, 0.05) is 49.9 Å². The van der Waals surface area contributed by atoms with Gasteiger partial charge in [-0.3, -0.25) is 29.0 Å². The molecule has 172 valence electrons. The molecule has 10 heteroatoms. The SMILES string of the molecule is CC(=O)[C@@H]1CN(CC(F)F)C[C@H]1C(C)=O.CC(=O)[C@H]1CN(CC(F)F)C[C@@H]1C(C)=O. The third kappa shape index (κ3) is 7.86. The van der Waals surface area contributed by atoms with Crippen LogP contribution in [-0.4, -0.2) is 85.1 Å². The van der Waals surface area contributed by atoms with E-state index in [0.717, 1.165) is 0 Å². The predicted octanol–water partition coefficient (Wildman–Crippen LogP) is 1.95. The van der Waals surface area contributed by atoms with Crippen molar-refractivity contribution in [2.75, 3.05) is 39.3 Å². The van der Waals surface area contributed by atoms with Crippen molar-refractivity contribution >= 4 is 23.1 Å². The zero-order valence-electron chi connectivity index (χ0n) is 17.7. The van der Waals surface area contributed by atoms with E-state index in [-0.39, 0.29) is 62.4 Å². The average Bonchev–Trinajstić information content (AvgIpc) is 3.19. The first-order valence-electron chi connectivity index (χ1n) is 9.86. The second-order valence-electron chi connectivity index (χ2n) is 8.09. The summed E-state index contributed by atoms with van der Waals surface area (Å²) in [7, 11) is 0. The number of carbonyl (C=O) groups is 4. The van der Waals surface area contributed by atoms with Crippen molar-refractivity contribution in [1.29, 1.82) is 0 Å². The van der Waals surface area contributed by atoms with Crippen molar-refractivity contribution in [3.05, 3.63) is 0 Å². The maximum Gasteiger partial charge on any atom is 0.251 e. The third-order valence-electron chi connectivity index (χ3n) is 5.67. The van der Waals surface area contributed by atoms with Crippen LogP contribution in [0.1, 0.15) is 27.7 Å². The van der Waals surface area contributed by atoms with Crippen LogP contribution >= 0.6 is 0 Å². The number of Topliss-reactive ketones (excluding diaryl/α,β-unsaturated/α-hetero) is 4. The van der Waals surface area contributed by atoms with E-state index in [1.54, 1.807) is 0 Å². The van der Waals surface area contributed by atoms with E-state index >= 15 is 0 Å². The summed E-state index contributed by atoms with van der Waals surface area (Å²) in [5, 5.41) is 0. The minimum Gasteiger partial charge on any atom is -0.300 e. The third-order valence-corrected chi connectivity index (χ3v) is 5.67. The monoisotopic (exact) mass is 438 g/mol. The minimum atomic E-state index is -2.41. The number of nitrogens with zero attached hydrogens (tertiary/aromatic N) is 2. The molecule has 0 N–H and O–H groups in total. The number of rotatable bonds is 8. The molecule has 6 nitrogen and oxygen atoms in total. The molecule has 0 aliphatic carbocycles. The summed E-state index contributed by atoms with van der Waals surface area (Å²) >= 11 is 0. The van der Waals surface area contributed by atoms with Crippen molar-refractivity contribution in [2.45, 2.75) is 40.5 Å². The summed E-state index contributed by atoms with van der Waals surface area (Å²) in [6.45, 7) is 6.06. The van der Waals surface area contributed by atoms with Crippen LogP contribution in [0.15, 0.2) is 0 Å². The molecule has 0 bridgehead atoms. The smallest absolute Gasteiger partial charge is 0.251 e. The highest BCUT2D eigenvalue weighted by molar-refractivity contribution is 5.89. The van der Waals surface area contributed by atoms with Gasteiger partial charge in [-0.25, -0.2) is 17.6 Å². The molecule has 0 aromatic carbocycles. The maximum absolute atomic E-state index is 12.1. The van der Waals surface area contributed by atoms with Crippen LogP contribution in [0.2, 0.25) is 0 Å². The standard InChI is InChI=1S/2C10H15F2NO2/c2*1-6(14)8-3-13(5-10(11)12)4-9(8)7(2)15/h2*8-10H,3-5H2,1-2H3/t2*8-,9-/m10/s1.